The fourth-order valence-corrected chi connectivity index (χ4v) is 2.41. The van der Waals surface area contributed by atoms with Crippen LogP contribution in [0.3, 0.4) is 0 Å². The van der Waals surface area contributed by atoms with E-state index in [1.807, 2.05) is 0 Å². The molecule has 0 spiro atoms. The van der Waals surface area contributed by atoms with E-state index in [4.69, 9.17) is 4.42 Å². The van der Waals surface area contributed by atoms with E-state index in [9.17, 15) is 9.59 Å². The highest BCUT2D eigenvalue weighted by Gasteiger charge is 2.26. The lowest BCUT2D eigenvalue weighted by Crippen LogP contribution is -2.41. The number of rotatable bonds is 4. The summed E-state index contributed by atoms with van der Waals surface area (Å²) in [5.41, 5.74) is 0.405. The average Bonchev–Trinajstić information content (AvgIpc) is 3.06. The summed E-state index contributed by atoms with van der Waals surface area (Å²) in [5, 5.41) is 3.17. The number of amides is 1. The number of aryl methyl sites for hydroxylation is 1. The number of esters is 1. The molecule has 0 aromatic carbocycles. The Kier molecular flexibility index (Phi) is 6.23. The van der Waals surface area contributed by atoms with Crippen molar-refractivity contribution >= 4 is 24.3 Å². The van der Waals surface area contributed by atoms with Gasteiger partial charge in [-0.25, -0.2) is 4.79 Å². The highest BCUT2D eigenvalue weighted by molar-refractivity contribution is 5.90. The van der Waals surface area contributed by atoms with E-state index >= 15 is 0 Å². The quantitative estimate of drug-likeness (QED) is 0.852. The molecule has 1 fully saturated rings. The van der Waals surface area contributed by atoms with Gasteiger partial charge in [0.15, 0.2) is 0 Å². The van der Waals surface area contributed by atoms with Gasteiger partial charge in [0.05, 0.1) is 19.7 Å². The van der Waals surface area contributed by atoms with E-state index in [0.29, 0.717) is 23.6 Å². The SMILES string of the molecule is COC(=O)c1cc(CN(C)C(=O)C2CCCN2)oc1C.Cl. The maximum absolute atomic E-state index is 12.2. The van der Waals surface area contributed by atoms with Gasteiger partial charge in [0.1, 0.15) is 17.1 Å². The van der Waals surface area contributed by atoms with E-state index in [2.05, 4.69) is 10.1 Å². The molecule has 0 bridgehead atoms. The number of nitrogens with zero attached hydrogens (tertiary/aromatic N) is 1. The van der Waals surface area contributed by atoms with Crippen molar-refractivity contribution in [3.8, 4) is 0 Å². The van der Waals surface area contributed by atoms with Crippen molar-refractivity contribution in [2.45, 2.75) is 32.4 Å². The molecule has 2 rings (SSSR count). The van der Waals surface area contributed by atoms with Gasteiger partial charge in [-0.15, -0.1) is 12.4 Å². The molecule has 2 heterocycles. The summed E-state index contributed by atoms with van der Waals surface area (Å²) < 4.78 is 10.2. The van der Waals surface area contributed by atoms with Gasteiger partial charge in [0.25, 0.3) is 0 Å². The standard InChI is InChI=1S/C14H20N2O4.ClH/c1-9-11(14(18)19-3)7-10(20-9)8-16(2)13(17)12-5-4-6-15-12;/h7,12,15H,4-6,8H2,1-3H3;1H. The first kappa shape index (κ1) is 17.5. The lowest BCUT2D eigenvalue weighted by Gasteiger charge is -2.19. The molecule has 1 aliphatic heterocycles. The number of halogens is 1. The Hall–Kier alpha value is -1.53. The Morgan fingerprint density at radius 2 is 2.24 bits per heavy atom. The second-order valence-corrected chi connectivity index (χ2v) is 5.02. The van der Waals surface area contributed by atoms with E-state index in [-0.39, 0.29) is 24.4 Å². The molecule has 1 saturated heterocycles. The molecule has 6 nitrogen and oxygen atoms in total. The summed E-state index contributed by atoms with van der Waals surface area (Å²) >= 11 is 0. The Labute approximate surface area is 130 Å². The molecule has 1 amide bonds. The van der Waals surface area contributed by atoms with E-state index in [1.165, 1.54) is 7.11 Å². The summed E-state index contributed by atoms with van der Waals surface area (Å²) in [6.07, 6.45) is 1.89. The monoisotopic (exact) mass is 316 g/mol. The van der Waals surface area contributed by atoms with Crippen LogP contribution in [0.15, 0.2) is 10.5 Å². The van der Waals surface area contributed by atoms with Gasteiger partial charge in [-0.05, 0) is 32.4 Å². The first-order chi connectivity index (χ1) is 9.52. The minimum Gasteiger partial charge on any atom is -0.465 e. The van der Waals surface area contributed by atoms with Gasteiger partial charge in [-0.2, -0.15) is 0 Å². The molecule has 7 heteroatoms. The lowest BCUT2D eigenvalue weighted by molar-refractivity contribution is -0.132. The van der Waals surface area contributed by atoms with Crippen molar-refractivity contribution in [2.24, 2.45) is 0 Å². The van der Waals surface area contributed by atoms with Crippen LogP contribution in [0.5, 0.6) is 0 Å². The van der Waals surface area contributed by atoms with Crippen LogP contribution in [-0.4, -0.2) is 43.5 Å². The topological polar surface area (TPSA) is 71.8 Å². The third-order valence-electron chi connectivity index (χ3n) is 3.50. The lowest BCUT2D eigenvalue weighted by atomic mass is 10.2. The zero-order valence-electron chi connectivity index (χ0n) is 12.5. The molecular weight excluding hydrogens is 296 g/mol. The van der Waals surface area contributed by atoms with Crippen LogP contribution in [0.25, 0.3) is 0 Å². The van der Waals surface area contributed by atoms with Crippen LogP contribution in [0.4, 0.5) is 0 Å². The van der Waals surface area contributed by atoms with Crippen molar-refractivity contribution < 1.29 is 18.7 Å². The van der Waals surface area contributed by atoms with Gasteiger partial charge in [-0.1, -0.05) is 0 Å². The molecule has 1 aliphatic rings. The van der Waals surface area contributed by atoms with Crippen molar-refractivity contribution in [3.05, 3.63) is 23.2 Å². The Morgan fingerprint density at radius 1 is 1.52 bits per heavy atom. The minimum absolute atomic E-state index is 0. The largest absolute Gasteiger partial charge is 0.465 e. The fourth-order valence-electron chi connectivity index (χ4n) is 2.41. The summed E-state index contributed by atoms with van der Waals surface area (Å²) in [4.78, 5) is 25.3. The number of furan rings is 1. The molecule has 0 saturated carbocycles. The minimum atomic E-state index is -0.427. The molecule has 21 heavy (non-hydrogen) atoms. The first-order valence-electron chi connectivity index (χ1n) is 6.69. The molecule has 0 radical (unpaired) electrons. The van der Waals surface area contributed by atoms with Crippen LogP contribution >= 0.6 is 12.4 Å². The molecule has 1 aromatic rings. The number of nitrogens with one attached hydrogen (secondary N) is 1. The van der Waals surface area contributed by atoms with Gasteiger partial charge < -0.3 is 19.4 Å². The third-order valence-corrected chi connectivity index (χ3v) is 3.50. The highest BCUT2D eigenvalue weighted by atomic mass is 35.5. The second-order valence-electron chi connectivity index (χ2n) is 5.02. The normalized spacial score (nSPS) is 17.2. The number of hydrogen-bond donors (Lipinski definition) is 1. The Balaban J connectivity index is 0.00000220. The third kappa shape index (κ3) is 3.98. The van der Waals surface area contributed by atoms with E-state index in [1.54, 1.807) is 24.9 Å². The van der Waals surface area contributed by atoms with Gasteiger partial charge in [0.2, 0.25) is 5.91 Å². The molecule has 0 aliphatic carbocycles. The average molecular weight is 317 g/mol. The number of methoxy groups -OCH3 is 1. The van der Waals surface area contributed by atoms with Gasteiger partial charge in [0, 0.05) is 7.05 Å². The van der Waals surface area contributed by atoms with Gasteiger partial charge >= 0.3 is 5.97 Å². The van der Waals surface area contributed by atoms with Crippen LogP contribution in [-0.2, 0) is 16.1 Å². The molecule has 1 N–H and O–H groups in total. The summed E-state index contributed by atoms with van der Waals surface area (Å²) in [7, 11) is 3.06. The molecule has 118 valence electrons. The predicted octanol–water partition coefficient (Wildman–Crippen LogP) is 1.51. The zero-order valence-corrected chi connectivity index (χ0v) is 13.3. The fraction of sp³-hybridized carbons (Fsp3) is 0.571. The molecule has 1 aromatic heterocycles. The van der Waals surface area contributed by atoms with Crippen molar-refractivity contribution in [2.75, 3.05) is 20.7 Å². The van der Waals surface area contributed by atoms with Crippen molar-refractivity contribution in [1.29, 1.82) is 0 Å². The van der Waals surface area contributed by atoms with Crippen molar-refractivity contribution in [3.63, 3.8) is 0 Å². The smallest absolute Gasteiger partial charge is 0.341 e. The number of likely N-dealkylation sites (N-methyl/N-ethyl adjacent to an activating group) is 1. The van der Waals surface area contributed by atoms with Crippen LogP contribution < -0.4 is 5.32 Å². The molecule has 1 atom stereocenters. The number of hydrogen-bond acceptors (Lipinski definition) is 5. The predicted molar refractivity (Wildman–Crippen MR) is 79.5 cm³/mol. The number of ether oxygens (including phenoxy) is 1. The molecule has 1 unspecified atom stereocenters. The highest BCUT2D eigenvalue weighted by Crippen LogP contribution is 2.18. The second kappa shape index (κ2) is 7.47. The van der Waals surface area contributed by atoms with E-state index in [0.717, 1.165) is 19.4 Å². The van der Waals surface area contributed by atoms with Crippen LogP contribution in [0, 0.1) is 6.92 Å². The number of carbonyl (C=O) groups excluding carboxylic acids is 2. The molecular formula is C14H21ClN2O4. The van der Waals surface area contributed by atoms with Crippen molar-refractivity contribution in [1.82, 2.24) is 10.2 Å². The maximum atomic E-state index is 12.2. The van der Waals surface area contributed by atoms with Crippen LogP contribution in [0.1, 0.15) is 34.7 Å². The number of carbonyl (C=O) groups is 2. The zero-order chi connectivity index (χ0) is 14.7. The summed E-state index contributed by atoms with van der Waals surface area (Å²) in [6, 6.07) is 1.53. The van der Waals surface area contributed by atoms with Gasteiger partial charge in [-0.3, -0.25) is 4.79 Å². The summed E-state index contributed by atoms with van der Waals surface area (Å²) in [6.45, 7) is 2.93. The Bertz CT molecular complexity index is 509. The first-order valence-corrected chi connectivity index (χ1v) is 6.69. The van der Waals surface area contributed by atoms with Crippen LogP contribution in [0.2, 0.25) is 0 Å². The Morgan fingerprint density at radius 3 is 2.81 bits per heavy atom. The summed E-state index contributed by atoms with van der Waals surface area (Å²) in [5.74, 6) is 0.712. The maximum Gasteiger partial charge on any atom is 0.341 e. The van der Waals surface area contributed by atoms with E-state index < -0.39 is 5.97 Å².